The van der Waals surface area contributed by atoms with Gasteiger partial charge in [-0.3, -0.25) is 9.59 Å². The molecule has 2 N–H and O–H groups in total. The van der Waals surface area contributed by atoms with E-state index in [4.69, 9.17) is 4.74 Å². The summed E-state index contributed by atoms with van der Waals surface area (Å²) >= 11 is 2.91. The number of aromatic nitrogens is 1. The van der Waals surface area contributed by atoms with Crippen LogP contribution in [-0.4, -0.2) is 28.7 Å². The quantitative estimate of drug-likeness (QED) is 0.301. The van der Waals surface area contributed by atoms with E-state index in [0.29, 0.717) is 17.9 Å². The molecule has 0 saturated carbocycles. The van der Waals surface area contributed by atoms with E-state index in [0.717, 1.165) is 26.0 Å². The summed E-state index contributed by atoms with van der Waals surface area (Å²) in [6.45, 7) is 4.38. The van der Waals surface area contributed by atoms with Gasteiger partial charge in [0.2, 0.25) is 5.91 Å². The van der Waals surface area contributed by atoms with E-state index in [1.165, 1.54) is 23.1 Å². The number of ether oxygens (including phenoxy) is 1. The highest BCUT2D eigenvalue weighted by Gasteiger charge is 2.17. The fraction of sp³-hybridized carbons (Fsp3) is 0.160. The highest BCUT2D eigenvalue weighted by molar-refractivity contribution is 8.02. The van der Waals surface area contributed by atoms with Crippen molar-refractivity contribution in [3.8, 4) is 5.75 Å². The molecular weight excluding hydrogens is 454 g/mol. The molecule has 6 nitrogen and oxygen atoms in total. The van der Waals surface area contributed by atoms with E-state index in [1.54, 1.807) is 12.1 Å². The lowest BCUT2D eigenvalue weighted by Gasteiger charge is -2.11. The summed E-state index contributed by atoms with van der Waals surface area (Å²) in [5.74, 6) is 0.514. The predicted molar refractivity (Wildman–Crippen MR) is 136 cm³/mol. The Kier molecular flexibility index (Phi) is 7.26. The number of benzene rings is 3. The van der Waals surface area contributed by atoms with Crippen molar-refractivity contribution >= 4 is 56.5 Å². The summed E-state index contributed by atoms with van der Waals surface area (Å²) in [5, 5.41) is 5.52. The number of carbonyl (C=O) groups excluding carboxylic acids is 2. The summed E-state index contributed by atoms with van der Waals surface area (Å²) in [4.78, 5) is 29.6. The Morgan fingerprint density at radius 3 is 2.45 bits per heavy atom. The van der Waals surface area contributed by atoms with Crippen molar-refractivity contribution in [2.75, 3.05) is 17.2 Å². The fourth-order valence-corrected chi connectivity index (χ4v) is 5.32. The van der Waals surface area contributed by atoms with Crippen LogP contribution in [0.5, 0.6) is 5.75 Å². The fourth-order valence-electron chi connectivity index (χ4n) is 3.07. The maximum atomic E-state index is 12.6. The molecule has 0 aliphatic carbocycles. The zero-order chi connectivity index (χ0) is 23.2. The summed E-state index contributed by atoms with van der Waals surface area (Å²) in [7, 11) is 0. The van der Waals surface area contributed by atoms with Gasteiger partial charge in [0.25, 0.3) is 5.91 Å². The molecular formula is C25H23N3O3S2. The second kappa shape index (κ2) is 10.5. The summed E-state index contributed by atoms with van der Waals surface area (Å²) in [6, 6.07) is 22.0. The third-order valence-electron chi connectivity index (χ3n) is 4.74. The molecule has 0 fully saturated rings. The predicted octanol–water partition coefficient (Wildman–Crippen LogP) is 6.07. The Morgan fingerprint density at radius 1 is 1.00 bits per heavy atom. The second-order valence-corrected chi connectivity index (χ2v) is 9.81. The molecule has 1 heterocycles. The average Bonchev–Trinajstić information content (AvgIpc) is 3.22. The van der Waals surface area contributed by atoms with Crippen LogP contribution in [0.15, 0.2) is 77.1 Å². The number of hydrogen-bond acceptors (Lipinski definition) is 6. The molecule has 0 aliphatic rings. The molecule has 0 saturated heterocycles. The van der Waals surface area contributed by atoms with Crippen molar-refractivity contribution in [1.29, 1.82) is 0 Å². The van der Waals surface area contributed by atoms with Crippen LogP contribution in [0.3, 0.4) is 0 Å². The van der Waals surface area contributed by atoms with Gasteiger partial charge in [-0.1, -0.05) is 30.0 Å². The lowest BCUT2D eigenvalue weighted by molar-refractivity contribution is -0.115. The van der Waals surface area contributed by atoms with Crippen molar-refractivity contribution in [2.24, 2.45) is 0 Å². The Bertz CT molecular complexity index is 1260. The Labute approximate surface area is 200 Å². The van der Waals surface area contributed by atoms with E-state index < -0.39 is 0 Å². The number of anilines is 2. The van der Waals surface area contributed by atoms with Crippen LogP contribution in [0.1, 0.15) is 24.2 Å². The molecule has 4 rings (SSSR count). The summed E-state index contributed by atoms with van der Waals surface area (Å²) < 4.78 is 7.17. The Hall–Kier alpha value is -3.36. The molecule has 0 radical (unpaired) electrons. The van der Waals surface area contributed by atoms with E-state index in [2.05, 4.69) is 15.6 Å². The van der Waals surface area contributed by atoms with Crippen LogP contribution in [0, 0.1) is 0 Å². The summed E-state index contributed by atoms with van der Waals surface area (Å²) in [6.07, 6.45) is 0. The van der Waals surface area contributed by atoms with Crippen LogP contribution in [0.4, 0.5) is 11.4 Å². The van der Waals surface area contributed by atoms with Crippen LogP contribution in [-0.2, 0) is 4.79 Å². The molecule has 168 valence electrons. The number of carbonyl (C=O) groups is 2. The standard InChI is InChI=1S/C25H23N3O3S2/c1-3-31-20-12-9-18(10-13-20)26-23(29)16(2)32-25-28-21-14-11-19(15-22(21)33-25)27-24(30)17-7-5-4-6-8-17/h4-16H,3H2,1-2H3,(H,26,29)(H,27,30). The normalized spacial score (nSPS) is 11.7. The van der Waals surface area contributed by atoms with E-state index in [9.17, 15) is 9.59 Å². The number of amides is 2. The van der Waals surface area contributed by atoms with Crippen LogP contribution in [0.2, 0.25) is 0 Å². The minimum Gasteiger partial charge on any atom is -0.494 e. The molecule has 2 amide bonds. The first-order valence-corrected chi connectivity index (χ1v) is 12.2. The molecule has 3 aromatic carbocycles. The van der Waals surface area contributed by atoms with Gasteiger partial charge in [0, 0.05) is 16.9 Å². The largest absolute Gasteiger partial charge is 0.494 e. The van der Waals surface area contributed by atoms with Crippen molar-refractivity contribution in [3.05, 3.63) is 78.4 Å². The number of nitrogens with one attached hydrogen (secondary N) is 2. The first-order chi connectivity index (χ1) is 16.0. The second-order valence-electron chi connectivity index (χ2n) is 7.19. The molecule has 33 heavy (non-hydrogen) atoms. The topological polar surface area (TPSA) is 80.3 Å². The smallest absolute Gasteiger partial charge is 0.255 e. The van der Waals surface area contributed by atoms with Gasteiger partial charge in [-0.2, -0.15) is 0 Å². The highest BCUT2D eigenvalue weighted by Crippen LogP contribution is 2.34. The van der Waals surface area contributed by atoms with Crippen LogP contribution >= 0.6 is 23.1 Å². The van der Waals surface area contributed by atoms with Gasteiger partial charge >= 0.3 is 0 Å². The first-order valence-electron chi connectivity index (χ1n) is 10.5. The number of thiazole rings is 1. The van der Waals surface area contributed by atoms with Gasteiger partial charge in [0.1, 0.15) is 5.75 Å². The third kappa shape index (κ3) is 5.91. The number of rotatable bonds is 8. The SMILES string of the molecule is CCOc1ccc(NC(=O)C(C)Sc2nc3ccc(NC(=O)c4ccccc4)cc3s2)cc1. The first kappa shape index (κ1) is 22.8. The van der Waals surface area contributed by atoms with Gasteiger partial charge in [-0.15, -0.1) is 11.3 Å². The van der Waals surface area contributed by atoms with Crippen molar-refractivity contribution < 1.29 is 14.3 Å². The molecule has 0 aliphatic heterocycles. The number of hydrogen-bond donors (Lipinski definition) is 2. The molecule has 8 heteroatoms. The molecule has 0 spiro atoms. The van der Waals surface area contributed by atoms with Gasteiger partial charge in [0.15, 0.2) is 4.34 Å². The van der Waals surface area contributed by atoms with Crippen molar-refractivity contribution in [3.63, 3.8) is 0 Å². The molecule has 0 bridgehead atoms. The number of fused-ring (bicyclic) bond motifs is 1. The van der Waals surface area contributed by atoms with Gasteiger partial charge in [-0.05, 0) is 68.4 Å². The third-order valence-corrected chi connectivity index (χ3v) is 6.95. The van der Waals surface area contributed by atoms with Crippen LogP contribution < -0.4 is 15.4 Å². The van der Waals surface area contributed by atoms with E-state index >= 15 is 0 Å². The zero-order valence-electron chi connectivity index (χ0n) is 18.2. The average molecular weight is 478 g/mol. The minimum atomic E-state index is -0.325. The maximum Gasteiger partial charge on any atom is 0.255 e. The van der Waals surface area contributed by atoms with Gasteiger partial charge in [0.05, 0.1) is 22.1 Å². The van der Waals surface area contributed by atoms with Crippen LogP contribution in [0.25, 0.3) is 10.2 Å². The highest BCUT2D eigenvalue weighted by atomic mass is 32.2. The minimum absolute atomic E-state index is 0.0979. The van der Waals surface area contributed by atoms with Gasteiger partial charge in [-0.25, -0.2) is 4.98 Å². The zero-order valence-corrected chi connectivity index (χ0v) is 19.8. The summed E-state index contributed by atoms with van der Waals surface area (Å²) in [5.41, 5.74) is 2.86. The number of nitrogens with zero attached hydrogens (tertiary/aromatic N) is 1. The van der Waals surface area contributed by atoms with E-state index in [-0.39, 0.29) is 17.1 Å². The Morgan fingerprint density at radius 2 is 1.73 bits per heavy atom. The maximum absolute atomic E-state index is 12.6. The van der Waals surface area contributed by atoms with Crippen molar-refractivity contribution in [2.45, 2.75) is 23.4 Å². The Balaban J connectivity index is 1.38. The van der Waals surface area contributed by atoms with E-state index in [1.807, 2.05) is 74.5 Å². The van der Waals surface area contributed by atoms with Crippen molar-refractivity contribution in [1.82, 2.24) is 4.98 Å². The molecule has 1 unspecified atom stereocenters. The molecule has 4 aromatic rings. The van der Waals surface area contributed by atoms with Gasteiger partial charge < -0.3 is 15.4 Å². The lowest BCUT2D eigenvalue weighted by atomic mass is 10.2. The monoisotopic (exact) mass is 477 g/mol. The number of thioether (sulfide) groups is 1. The molecule has 1 aromatic heterocycles. The lowest BCUT2D eigenvalue weighted by Crippen LogP contribution is -2.22. The molecule has 1 atom stereocenters.